The van der Waals surface area contributed by atoms with Crippen molar-refractivity contribution in [2.45, 2.75) is 6.18 Å². The Hall–Kier alpha value is -1.20. The molecule has 0 aliphatic rings. The zero-order valence-electron chi connectivity index (χ0n) is 8.15. The molecule has 0 aliphatic heterocycles. The molecule has 1 aromatic heterocycles. The van der Waals surface area contributed by atoms with Crippen molar-refractivity contribution in [3.8, 4) is 11.1 Å². The van der Waals surface area contributed by atoms with Gasteiger partial charge in [0.05, 0.1) is 5.56 Å². The Morgan fingerprint density at radius 1 is 1.12 bits per heavy atom. The van der Waals surface area contributed by atoms with E-state index in [9.17, 15) is 13.2 Å². The SMILES string of the molecule is FC(F)(F)c1ccc(-c2c[nH]nc2Cl)c(Cl)c1. The van der Waals surface area contributed by atoms with Crippen molar-refractivity contribution < 1.29 is 13.2 Å². The molecule has 1 N–H and O–H groups in total. The molecule has 0 bridgehead atoms. The van der Waals surface area contributed by atoms with Crippen LogP contribution in [0.4, 0.5) is 13.2 Å². The minimum Gasteiger partial charge on any atom is -0.284 e. The monoisotopic (exact) mass is 280 g/mol. The average molecular weight is 281 g/mol. The third kappa shape index (κ3) is 2.40. The molecule has 0 spiro atoms. The van der Waals surface area contributed by atoms with Gasteiger partial charge in [-0.15, -0.1) is 0 Å². The van der Waals surface area contributed by atoms with Gasteiger partial charge in [0.25, 0.3) is 0 Å². The van der Waals surface area contributed by atoms with Gasteiger partial charge in [0, 0.05) is 22.3 Å². The summed E-state index contributed by atoms with van der Waals surface area (Å²) in [6.07, 6.45) is -2.95. The predicted octanol–water partition coefficient (Wildman–Crippen LogP) is 4.40. The maximum absolute atomic E-state index is 12.4. The number of benzene rings is 1. The van der Waals surface area contributed by atoms with Gasteiger partial charge in [-0.2, -0.15) is 18.3 Å². The fourth-order valence-corrected chi connectivity index (χ4v) is 1.86. The number of aromatic amines is 1. The van der Waals surface area contributed by atoms with Gasteiger partial charge in [-0.25, -0.2) is 0 Å². The van der Waals surface area contributed by atoms with Gasteiger partial charge in [0.15, 0.2) is 5.15 Å². The third-order valence-corrected chi connectivity index (χ3v) is 2.78. The molecular weight excluding hydrogens is 276 g/mol. The minimum atomic E-state index is -4.41. The molecule has 90 valence electrons. The number of rotatable bonds is 1. The second kappa shape index (κ2) is 4.23. The highest BCUT2D eigenvalue weighted by molar-refractivity contribution is 6.35. The highest BCUT2D eigenvalue weighted by Gasteiger charge is 2.31. The van der Waals surface area contributed by atoms with Crippen molar-refractivity contribution in [2.24, 2.45) is 0 Å². The lowest BCUT2D eigenvalue weighted by atomic mass is 10.1. The molecule has 0 unspecified atom stereocenters. The zero-order valence-corrected chi connectivity index (χ0v) is 9.66. The first-order chi connectivity index (χ1) is 7.89. The Labute approximate surface area is 104 Å². The lowest BCUT2D eigenvalue weighted by molar-refractivity contribution is -0.137. The van der Waals surface area contributed by atoms with Crippen LogP contribution in [0.2, 0.25) is 10.2 Å². The zero-order chi connectivity index (χ0) is 12.6. The van der Waals surface area contributed by atoms with Crippen LogP contribution in [0.25, 0.3) is 11.1 Å². The van der Waals surface area contributed by atoms with Gasteiger partial charge in [0.1, 0.15) is 0 Å². The summed E-state index contributed by atoms with van der Waals surface area (Å²) in [6, 6.07) is 3.08. The fourth-order valence-electron chi connectivity index (χ4n) is 1.37. The van der Waals surface area contributed by atoms with Gasteiger partial charge in [-0.1, -0.05) is 29.3 Å². The number of aromatic nitrogens is 2. The van der Waals surface area contributed by atoms with Crippen LogP contribution in [0.1, 0.15) is 5.56 Å². The number of hydrogen-bond donors (Lipinski definition) is 1. The number of alkyl halides is 3. The van der Waals surface area contributed by atoms with Crippen LogP contribution < -0.4 is 0 Å². The number of halogens is 5. The van der Waals surface area contributed by atoms with Crippen molar-refractivity contribution in [2.75, 3.05) is 0 Å². The molecule has 17 heavy (non-hydrogen) atoms. The molecule has 0 fully saturated rings. The van der Waals surface area contributed by atoms with Crippen molar-refractivity contribution in [3.63, 3.8) is 0 Å². The summed E-state index contributed by atoms with van der Waals surface area (Å²) in [7, 11) is 0. The number of H-pyrrole nitrogens is 1. The first-order valence-corrected chi connectivity index (χ1v) is 5.21. The van der Waals surface area contributed by atoms with Crippen molar-refractivity contribution in [1.29, 1.82) is 0 Å². The van der Waals surface area contributed by atoms with E-state index in [0.29, 0.717) is 11.1 Å². The molecule has 0 amide bonds. The Morgan fingerprint density at radius 2 is 1.82 bits per heavy atom. The van der Waals surface area contributed by atoms with E-state index < -0.39 is 11.7 Å². The van der Waals surface area contributed by atoms with Crippen LogP contribution in [0.15, 0.2) is 24.4 Å². The quantitative estimate of drug-likeness (QED) is 0.824. The summed E-state index contributed by atoms with van der Waals surface area (Å²) < 4.78 is 37.3. The minimum absolute atomic E-state index is 0.0249. The Bertz CT molecular complexity index is 549. The van der Waals surface area contributed by atoms with Gasteiger partial charge in [0.2, 0.25) is 0 Å². The molecule has 0 aliphatic carbocycles. The van der Waals surface area contributed by atoms with E-state index in [4.69, 9.17) is 23.2 Å². The van der Waals surface area contributed by atoms with E-state index in [0.717, 1.165) is 12.1 Å². The van der Waals surface area contributed by atoms with Crippen LogP contribution in [0, 0.1) is 0 Å². The van der Waals surface area contributed by atoms with Crippen LogP contribution in [-0.2, 0) is 6.18 Å². The van der Waals surface area contributed by atoms with Crippen molar-refractivity contribution in [1.82, 2.24) is 10.2 Å². The number of hydrogen-bond acceptors (Lipinski definition) is 1. The first-order valence-electron chi connectivity index (χ1n) is 4.46. The summed E-state index contributed by atoms with van der Waals surface area (Å²) in [5.74, 6) is 0. The van der Waals surface area contributed by atoms with Crippen LogP contribution >= 0.6 is 23.2 Å². The Balaban J connectivity index is 2.50. The molecule has 0 radical (unpaired) electrons. The molecule has 7 heteroatoms. The van der Waals surface area contributed by atoms with Gasteiger partial charge < -0.3 is 0 Å². The lowest BCUT2D eigenvalue weighted by Crippen LogP contribution is -2.04. The molecule has 1 heterocycles. The summed E-state index contributed by atoms with van der Waals surface area (Å²) in [6.45, 7) is 0. The van der Waals surface area contributed by atoms with E-state index in [-0.39, 0.29) is 10.2 Å². The number of nitrogens with zero attached hydrogens (tertiary/aromatic N) is 1. The fraction of sp³-hybridized carbons (Fsp3) is 0.100. The molecule has 2 rings (SSSR count). The van der Waals surface area contributed by atoms with E-state index in [1.165, 1.54) is 12.3 Å². The number of nitrogens with one attached hydrogen (secondary N) is 1. The van der Waals surface area contributed by atoms with Crippen molar-refractivity contribution in [3.05, 3.63) is 40.1 Å². The molecule has 0 saturated carbocycles. The Kier molecular flexibility index (Phi) is 3.05. The smallest absolute Gasteiger partial charge is 0.284 e. The highest BCUT2D eigenvalue weighted by Crippen LogP contribution is 2.37. The van der Waals surface area contributed by atoms with Gasteiger partial charge in [-0.05, 0) is 12.1 Å². The average Bonchev–Trinajstić information content (AvgIpc) is 2.63. The highest BCUT2D eigenvalue weighted by atomic mass is 35.5. The third-order valence-electron chi connectivity index (χ3n) is 2.18. The van der Waals surface area contributed by atoms with Gasteiger partial charge in [-0.3, -0.25) is 5.10 Å². The van der Waals surface area contributed by atoms with E-state index in [1.54, 1.807) is 0 Å². The van der Waals surface area contributed by atoms with E-state index in [2.05, 4.69) is 10.2 Å². The van der Waals surface area contributed by atoms with Crippen molar-refractivity contribution >= 4 is 23.2 Å². The second-order valence-electron chi connectivity index (χ2n) is 3.28. The van der Waals surface area contributed by atoms with Crippen LogP contribution in [0.3, 0.4) is 0 Å². The standard InChI is InChI=1S/C10H5Cl2F3N2/c11-8-3-5(10(13,14)15)1-2-6(8)7-4-16-17-9(7)12/h1-4H,(H,16,17). The summed E-state index contributed by atoms with van der Waals surface area (Å²) >= 11 is 11.6. The molecular formula is C10H5Cl2F3N2. The van der Waals surface area contributed by atoms with Crippen LogP contribution in [0.5, 0.6) is 0 Å². The van der Waals surface area contributed by atoms with Crippen LogP contribution in [-0.4, -0.2) is 10.2 Å². The second-order valence-corrected chi connectivity index (χ2v) is 4.05. The maximum atomic E-state index is 12.4. The van der Waals surface area contributed by atoms with Gasteiger partial charge >= 0.3 is 6.18 Å². The predicted molar refractivity (Wildman–Crippen MR) is 59.0 cm³/mol. The summed E-state index contributed by atoms with van der Waals surface area (Å²) in [5, 5.41) is 6.30. The maximum Gasteiger partial charge on any atom is 0.416 e. The first kappa shape index (κ1) is 12.3. The summed E-state index contributed by atoms with van der Waals surface area (Å²) in [4.78, 5) is 0. The lowest BCUT2D eigenvalue weighted by Gasteiger charge is -2.09. The molecule has 2 nitrogen and oxygen atoms in total. The molecule has 0 atom stereocenters. The normalized spacial score (nSPS) is 11.8. The topological polar surface area (TPSA) is 28.7 Å². The Morgan fingerprint density at radius 3 is 2.29 bits per heavy atom. The molecule has 0 saturated heterocycles. The molecule has 1 aromatic carbocycles. The van der Waals surface area contributed by atoms with E-state index >= 15 is 0 Å². The van der Waals surface area contributed by atoms with E-state index in [1.807, 2.05) is 0 Å². The largest absolute Gasteiger partial charge is 0.416 e. The summed E-state index contributed by atoms with van der Waals surface area (Å²) in [5.41, 5.74) is 0.0645. The molecule has 2 aromatic rings.